The van der Waals surface area contributed by atoms with E-state index in [9.17, 15) is 9.18 Å². The molecule has 0 unspecified atom stereocenters. The molecule has 4 aromatic rings. The number of rotatable bonds is 3. The molecule has 0 bridgehead atoms. The van der Waals surface area contributed by atoms with E-state index < -0.39 is 0 Å². The summed E-state index contributed by atoms with van der Waals surface area (Å²) in [5.74, 6) is -0.345. The molecule has 0 spiro atoms. The van der Waals surface area contributed by atoms with Crippen molar-refractivity contribution in [3.05, 3.63) is 84.7 Å². The van der Waals surface area contributed by atoms with Crippen LogP contribution in [-0.4, -0.2) is 11.0 Å². The average Bonchev–Trinajstić information content (AvgIpc) is 3.08. The van der Waals surface area contributed by atoms with Gasteiger partial charge in [0.2, 0.25) is 0 Å². The fourth-order valence-corrected chi connectivity index (χ4v) is 2.82. The molecule has 3 aromatic carbocycles. The molecule has 3 N–H and O–H groups in total. The minimum absolute atomic E-state index is 0.345. The lowest BCUT2D eigenvalue weighted by atomic mass is 10.1. The third-order valence-corrected chi connectivity index (χ3v) is 4.06. The van der Waals surface area contributed by atoms with Crippen LogP contribution in [0.5, 0.6) is 0 Å². The molecule has 1 heterocycles. The number of aromatic nitrogens is 1. The highest BCUT2D eigenvalue weighted by molar-refractivity contribution is 6.00. The van der Waals surface area contributed by atoms with Crippen LogP contribution in [0.2, 0.25) is 0 Å². The molecule has 0 saturated carbocycles. The lowest BCUT2D eigenvalue weighted by molar-refractivity contribution is 0.262. The molecule has 0 aliphatic heterocycles. The highest BCUT2D eigenvalue weighted by Gasteiger charge is 2.06. The summed E-state index contributed by atoms with van der Waals surface area (Å²) in [6.45, 7) is 0. The summed E-state index contributed by atoms with van der Waals surface area (Å²) in [5, 5.41) is 6.60. The van der Waals surface area contributed by atoms with Crippen LogP contribution >= 0.6 is 0 Å². The van der Waals surface area contributed by atoms with Crippen molar-refractivity contribution in [2.24, 2.45) is 0 Å². The summed E-state index contributed by atoms with van der Waals surface area (Å²) in [4.78, 5) is 15.5. The van der Waals surface area contributed by atoms with E-state index in [1.165, 1.54) is 24.3 Å². The van der Waals surface area contributed by atoms with Gasteiger partial charge in [0.1, 0.15) is 5.82 Å². The maximum absolute atomic E-state index is 12.9. The van der Waals surface area contributed by atoms with Crippen LogP contribution in [0.15, 0.2) is 78.9 Å². The second-order valence-corrected chi connectivity index (χ2v) is 5.94. The molecule has 2 amide bonds. The quantitative estimate of drug-likeness (QED) is 0.443. The van der Waals surface area contributed by atoms with E-state index in [4.69, 9.17) is 0 Å². The van der Waals surface area contributed by atoms with Crippen LogP contribution in [0.3, 0.4) is 0 Å². The Labute approximate surface area is 149 Å². The first-order chi connectivity index (χ1) is 12.7. The largest absolute Gasteiger partial charge is 0.355 e. The lowest BCUT2D eigenvalue weighted by Gasteiger charge is -2.09. The van der Waals surface area contributed by atoms with Gasteiger partial charge in [0.05, 0.1) is 0 Å². The van der Waals surface area contributed by atoms with Crippen molar-refractivity contribution < 1.29 is 9.18 Å². The number of halogens is 1. The van der Waals surface area contributed by atoms with E-state index in [-0.39, 0.29) is 11.8 Å². The summed E-state index contributed by atoms with van der Waals surface area (Å²) in [6.07, 6.45) is 0. The fourth-order valence-electron chi connectivity index (χ4n) is 2.82. The van der Waals surface area contributed by atoms with Gasteiger partial charge in [0.25, 0.3) is 0 Å². The van der Waals surface area contributed by atoms with Crippen LogP contribution in [0.4, 0.5) is 20.6 Å². The average molecular weight is 345 g/mol. The maximum atomic E-state index is 12.9. The van der Waals surface area contributed by atoms with E-state index in [1.54, 1.807) is 0 Å². The first kappa shape index (κ1) is 15.9. The molecule has 0 aliphatic carbocycles. The number of carbonyl (C=O) groups is 1. The normalized spacial score (nSPS) is 10.7. The van der Waals surface area contributed by atoms with Gasteiger partial charge < -0.3 is 15.6 Å². The number of fused-ring (bicyclic) bond motifs is 1. The number of para-hydroxylation sites is 1. The molecule has 0 aliphatic rings. The van der Waals surface area contributed by atoms with Gasteiger partial charge in [-0.25, -0.2) is 9.18 Å². The van der Waals surface area contributed by atoms with Crippen LogP contribution in [-0.2, 0) is 0 Å². The van der Waals surface area contributed by atoms with Gasteiger partial charge in [-0.2, -0.15) is 0 Å². The molecule has 128 valence electrons. The van der Waals surface area contributed by atoms with Crippen LogP contribution < -0.4 is 10.6 Å². The Hall–Kier alpha value is -3.60. The lowest BCUT2D eigenvalue weighted by Crippen LogP contribution is -2.19. The number of nitrogens with one attached hydrogen (secondary N) is 3. The maximum Gasteiger partial charge on any atom is 0.323 e. The Morgan fingerprint density at radius 2 is 1.58 bits per heavy atom. The number of hydrogen-bond donors (Lipinski definition) is 3. The second kappa shape index (κ2) is 6.72. The summed E-state index contributed by atoms with van der Waals surface area (Å²) in [7, 11) is 0. The molecular formula is C21H16FN3O. The molecule has 4 nitrogen and oxygen atoms in total. The second-order valence-electron chi connectivity index (χ2n) is 5.94. The predicted molar refractivity (Wildman–Crippen MR) is 103 cm³/mol. The zero-order valence-electron chi connectivity index (χ0n) is 13.8. The Bertz CT molecular complexity index is 1040. The van der Waals surface area contributed by atoms with Gasteiger partial charge in [-0.15, -0.1) is 0 Å². The number of benzene rings is 3. The van der Waals surface area contributed by atoms with Crippen molar-refractivity contribution in [1.29, 1.82) is 0 Å². The topological polar surface area (TPSA) is 56.9 Å². The number of anilines is 2. The highest BCUT2D eigenvalue weighted by atomic mass is 19.1. The molecule has 0 radical (unpaired) electrons. The van der Waals surface area contributed by atoms with Crippen LogP contribution in [0, 0.1) is 5.82 Å². The molecule has 1 aromatic heterocycles. The van der Waals surface area contributed by atoms with Crippen molar-refractivity contribution in [1.82, 2.24) is 4.98 Å². The van der Waals surface area contributed by atoms with E-state index in [1.807, 2.05) is 48.5 Å². The van der Waals surface area contributed by atoms with Crippen molar-refractivity contribution in [2.45, 2.75) is 0 Å². The molecule has 0 atom stereocenters. The molecule has 4 rings (SSSR count). The number of amides is 2. The third kappa shape index (κ3) is 3.42. The first-order valence-corrected chi connectivity index (χ1v) is 8.19. The van der Waals surface area contributed by atoms with Crippen molar-refractivity contribution in [2.75, 3.05) is 10.6 Å². The van der Waals surface area contributed by atoms with Gasteiger partial charge >= 0.3 is 6.03 Å². The monoisotopic (exact) mass is 345 g/mol. The number of aromatic amines is 1. The molecule has 0 fully saturated rings. The molecule has 26 heavy (non-hydrogen) atoms. The zero-order chi connectivity index (χ0) is 17.9. The standard InChI is InChI=1S/C21H16FN3O/c22-16-8-10-17(11-9-16)23-21(26)24-18-6-3-5-14(12-18)20-13-15-4-1-2-7-19(15)25-20/h1-13,25H,(H2,23,24,26). The SMILES string of the molecule is O=C(Nc1ccc(F)cc1)Nc1cccc(-c2cc3ccccc3[nH]2)c1. The van der Waals surface area contributed by atoms with Crippen molar-refractivity contribution in [3.8, 4) is 11.3 Å². The van der Waals surface area contributed by atoms with Gasteiger partial charge in [0, 0.05) is 33.5 Å². The summed E-state index contributed by atoms with van der Waals surface area (Å²) < 4.78 is 12.9. The van der Waals surface area contributed by atoms with Gasteiger partial charge in [-0.05, 0) is 48.5 Å². The highest BCUT2D eigenvalue weighted by Crippen LogP contribution is 2.26. The number of urea groups is 1. The van der Waals surface area contributed by atoms with Crippen molar-refractivity contribution >= 4 is 28.3 Å². The molecular weight excluding hydrogens is 329 g/mol. The fraction of sp³-hybridized carbons (Fsp3) is 0. The Balaban J connectivity index is 1.51. The first-order valence-electron chi connectivity index (χ1n) is 8.19. The predicted octanol–water partition coefficient (Wildman–Crippen LogP) is 5.62. The number of hydrogen-bond acceptors (Lipinski definition) is 1. The number of carbonyl (C=O) groups excluding carboxylic acids is 1. The van der Waals surface area contributed by atoms with E-state index >= 15 is 0 Å². The molecule has 0 saturated heterocycles. The van der Waals surface area contributed by atoms with E-state index in [0.717, 1.165) is 22.2 Å². The van der Waals surface area contributed by atoms with Gasteiger partial charge in [0.15, 0.2) is 0 Å². The Morgan fingerprint density at radius 1 is 0.808 bits per heavy atom. The minimum Gasteiger partial charge on any atom is -0.355 e. The number of H-pyrrole nitrogens is 1. The van der Waals surface area contributed by atoms with Crippen LogP contribution in [0.25, 0.3) is 22.2 Å². The third-order valence-electron chi connectivity index (χ3n) is 4.06. The zero-order valence-corrected chi connectivity index (χ0v) is 13.8. The Kier molecular flexibility index (Phi) is 4.11. The van der Waals surface area contributed by atoms with Gasteiger partial charge in [-0.3, -0.25) is 0 Å². The summed E-state index contributed by atoms with van der Waals surface area (Å²) >= 11 is 0. The van der Waals surface area contributed by atoms with Crippen molar-refractivity contribution in [3.63, 3.8) is 0 Å². The summed E-state index contributed by atoms with van der Waals surface area (Å²) in [6, 6.07) is 22.9. The Morgan fingerprint density at radius 3 is 2.38 bits per heavy atom. The van der Waals surface area contributed by atoms with Gasteiger partial charge in [-0.1, -0.05) is 30.3 Å². The smallest absolute Gasteiger partial charge is 0.323 e. The van der Waals surface area contributed by atoms with Crippen LogP contribution in [0.1, 0.15) is 0 Å². The molecule has 5 heteroatoms. The van der Waals surface area contributed by atoms with E-state index in [2.05, 4.69) is 21.7 Å². The van der Waals surface area contributed by atoms with E-state index in [0.29, 0.717) is 11.4 Å². The minimum atomic E-state index is -0.384. The summed E-state index contributed by atoms with van der Waals surface area (Å²) in [5.41, 5.74) is 4.21.